The normalized spacial score (nSPS) is 22.9. The van der Waals surface area contributed by atoms with Gasteiger partial charge < -0.3 is 39.4 Å². The van der Waals surface area contributed by atoms with Crippen molar-refractivity contribution in [2.75, 3.05) is 19.8 Å². The van der Waals surface area contributed by atoms with Gasteiger partial charge in [-0.3, -0.25) is 9.59 Å². The summed E-state index contributed by atoms with van der Waals surface area (Å²) in [4.78, 5) is 24.1. The fraction of sp³-hybridized carbons (Fsp3) is 0.824. The highest BCUT2D eigenvalue weighted by atomic mass is 16.7. The van der Waals surface area contributed by atoms with Gasteiger partial charge in [-0.05, 0) is 38.5 Å². The highest BCUT2D eigenvalue weighted by Gasteiger charge is 2.44. The lowest BCUT2D eigenvalue weighted by atomic mass is 9.99. The van der Waals surface area contributed by atoms with E-state index in [4.69, 9.17) is 18.9 Å². The van der Waals surface area contributed by atoms with E-state index in [1.54, 1.807) is 6.92 Å². The zero-order valence-corrected chi connectivity index (χ0v) is 27.2. The molecule has 1 aliphatic heterocycles. The molecular formula is C34H60O10. The molecule has 1 saturated heterocycles. The first-order valence-electron chi connectivity index (χ1n) is 16.9. The van der Waals surface area contributed by atoms with Crippen LogP contribution in [0.1, 0.15) is 123 Å². The number of ether oxygens (including phenoxy) is 4. The number of carbonyl (C=O) groups excluding carboxylic acids is 2. The number of rotatable bonds is 26. The van der Waals surface area contributed by atoms with Gasteiger partial charge in [-0.1, -0.05) is 95.9 Å². The number of aliphatic hydroxyl groups is 4. The largest absolute Gasteiger partial charge is 0.462 e. The first-order valence-corrected chi connectivity index (χ1v) is 16.9. The zero-order valence-electron chi connectivity index (χ0n) is 27.2. The van der Waals surface area contributed by atoms with Gasteiger partial charge >= 0.3 is 11.9 Å². The molecule has 0 saturated carbocycles. The monoisotopic (exact) mass is 628 g/mol. The topological polar surface area (TPSA) is 152 Å². The van der Waals surface area contributed by atoms with Crippen LogP contribution in [0.4, 0.5) is 0 Å². The molecule has 0 aliphatic carbocycles. The van der Waals surface area contributed by atoms with Crippen LogP contribution in [-0.4, -0.2) is 89.0 Å². The molecule has 256 valence electrons. The third-order valence-electron chi connectivity index (χ3n) is 7.64. The minimum atomic E-state index is -1.59. The molecule has 10 heteroatoms. The average Bonchev–Trinajstić information content (AvgIpc) is 3.02. The van der Waals surface area contributed by atoms with Crippen molar-refractivity contribution in [1.82, 2.24) is 0 Å². The van der Waals surface area contributed by atoms with Gasteiger partial charge in [-0.15, -0.1) is 0 Å². The second kappa shape index (κ2) is 26.4. The van der Waals surface area contributed by atoms with Crippen molar-refractivity contribution in [3.63, 3.8) is 0 Å². The fourth-order valence-corrected chi connectivity index (χ4v) is 4.84. The van der Waals surface area contributed by atoms with Crippen LogP contribution in [0.25, 0.3) is 0 Å². The summed E-state index contributed by atoms with van der Waals surface area (Å²) in [5.41, 5.74) is 0. The number of allylic oxidation sites excluding steroid dienone is 4. The molecule has 1 fully saturated rings. The maximum Gasteiger partial charge on any atom is 0.306 e. The standard InChI is InChI=1S/C34H60O10/c1-3-5-6-7-8-9-10-11-12-13-14-15-16-17-18-19-20-21-22-23-30(37)43-27(25-41-29(36)4-2)26-42-34-33(40)32(39)31(38)28(24-35)44-34/h8-9,11-12,27-28,31-35,38-40H,3-7,10,13-26H2,1-2H3/b9-8-,12-11-. The Morgan fingerprint density at radius 2 is 1.32 bits per heavy atom. The lowest BCUT2D eigenvalue weighted by molar-refractivity contribution is -0.305. The van der Waals surface area contributed by atoms with E-state index in [0.717, 1.165) is 32.1 Å². The van der Waals surface area contributed by atoms with E-state index in [9.17, 15) is 30.0 Å². The third-order valence-corrected chi connectivity index (χ3v) is 7.64. The summed E-state index contributed by atoms with van der Waals surface area (Å²) in [5.74, 6) is -0.913. The predicted molar refractivity (Wildman–Crippen MR) is 169 cm³/mol. The van der Waals surface area contributed by atoms with Gasteiger partial charge in [0, 0.05) is 12.8 Å². The number of hydrogen-bond acceptors (Lipinski definition) is 10. The Balaban J connectivity index is 2.17. The number of aliphatic hydroxyl groups excluding tert-OH is 4. The minimum absolute atomic E-state index is 0.156. The smallest absolute Gasteiger partial charge is 0.306 e. The van der Waals surface area contributed by atoms with Crippen molar-refractivity contribution in [2.45, 2.75) is 160 Å². The minimum Gasteiger partial charge on any atom is -0.462 e. The molecule has 0 aromatic rings. The van der Waals surface area contributed by atoms with Crippen molar-refractivity contribution >= 4 is 11.9 Å². The van der Waals surface area contributed by atoms with Gasteiger partial charge in [0.05, 0.1) is 13.2 Å². The molecule has 0 aromatic heterocycles. The lowest BCUT2D eigenvalue weighted by Gasteiger charge is -2.39. The number of hydrogen-bond donors (Lipinski definition) is 4. The van der Waals surface area contributed by atoms with E-state index in [-0.39, 0.29) is 26.1 Å². The van der Waals surface area contributed by atoms with E-state index < -0.39 is 55.4 Å². The van der Waals surface area contributed by atoms with Crippen molar-refractivity contribution in [3.8, 4) is 0 Å². The van der Waals surface area contributed by atoms with E-state index >= 15 is 0 Å². The maximum absolute atomic E-state index is 12.4. The highest BCUT2D eigenvalue weighted by Crippen LogP contribution is 2.22. The summed E-state index contributed by atoms with van der Waals surface area (Å²) >= 11 is 0. The van der Waals surface area contributed by atoms with Gasteiger partial charge in [0.2, 0.25) is 0 Å². The predicted octanol–water partition coefficient (Wildman–Crippen LogP) is 5.04. The Kier molecular flexibility index (Phi) is 24.1. The van der Waals surface area contributed by atoms with Crippen molar-refractivity contribution in [1.29, 1.82) is 0 Å². The van der Waals surface area contributed by atoms with E-state index in [1.807, 2.05) is 0 Å². The molecule has 44 heavy (non-hydrogen) atoms. The van der Waals surface area contributed by atoms with E-state index in [1.165, 1.54) is 57.8 Å². The van der Waals surface area contributed by atoms with Crippen LogP contribution in [0.2, 0.25) is 0 Å². The Bertz CT molecular complexity index is 784. The lowest BCUT2D eigenvalue weighted by Crippen LogP contribution is -2.59. The Hall–Kier alpha value is -1.82. The zero-order chi connectivity index (χ0) is 32.4. The summed E-state index contributed by atoms with van der Waals surface area (Å²) in [6.45, 7) is 2.77. The van der Waals surface area contributed by atoms with Gasteiger partial charge in [0.1, 0.15) is 31.0 Å². The SMILES string of the molecule is CCCCC/C=C\C/C=C\CCCCCCCCCCCC(=O)OC(COC(=O)CC)COC1OC(CO)C(O)C(O)C1O. The van der Waals surface area contributed by atoms with Crippen molar-refractivity contribution < 1.29 is 49.0 Å². The number of unbranched alkanes of at least 4 members (excludes halogenated alkanes) is 12. The quantitative estimate of drug-likeness (QED) is 0.0582. The molecule has 0 radical (unpaired) electrons. The van der Waals surface area contributed by atoms with Crippen molar-refractivity contribution in [3.05, 3.63) is 24.3 Å². The Morgan fingerprint density at radius 3 is 1.91 bits per heavy atom. The fourth-order valence-electron chi connectivity index (χ4n) is 4.84. The summed E-state index contributed by atoms with van der Waals surface area (Å²) in [6.07, 6.45) is 18.7. The van der Waals surface area contributed by atoms with Gasteiger partial charge in [-0.25, -0.2) is 0 Å². The molecule has 1 heterocycles. The average molecular weight is 629 g/mol. The molecule has 1 rings (SSSR count). The number of carbonyl (C=O) groups is 2. The Labute approximate surface area is 264 Å². The Morgan fingerprint density at radius 1 is 0.727 bits per heavy atom. The van der Waals surface area contributed by atoms with Crippen molar-refractivity contribution in [2.24, 2.45) is 0 Å². The summed E-state index contributed by atoms with van der Waals surface area (Å²) in [7, 11) is 0. The molecule has 1 aliphatic rings. The van der Waals surface area contributed by atoms with E-state index in [2.05, 4.69) is 31.2 Å². The second-order valence-corrected chi connectivity index (χ2v) is 11.6. The summed E-state index contributed by atoms with van der Waals surface area (Å²) in [5, 5.41) is 39.4. The second-order valence-electron chi connectivity index (χ2n) is 11.6. The summed E-state index contributed by atoms with van der Waals surface area (Å²) in [6, 6.07) is 0. The van der Waals surface area contributed by atoms with Gasteiger partial charge in [-0.2, -0.15) is 0 Å². The van der Waals surface area contributed by atoms with Crippen LogP contribution in [0.3, 0.4) is 0 Å². The molecule has 10 nitrogen and oxygen atoms in total. The highest BCUT2D eigenvalue weighted by molar-refractivity contribution is 5.70. The molecule has 6 atom stereocenters. The molecule has 0 bridgehead atoms. The van der Waals surface area contributed by atoms with Crippen LogP contribution in [0, 0.1) is 0 Å². The van der Waals surface area contributed by atoms with Crippen LogP contribution < -0.4 is 0 Å². The van der Waals surface area contributed by atoms with Crippen LogP contribution in [0.15, 0.2) is 24.3 Å². The number of esters is 2. The van der Waals surface area contributed by atoms with Crippen LogP contribution >= 0.6 is 0 Å². The molecular weight excluding hydrogens is 568 g/mol. The van der Waals surface area contributed by atoms with E-state index in [0.29, 0.717) is 6.42 Å². The molecule has 0 amide bonds. The van der Waals surface area contributed by atoms with Crippen LogP contribution in [-0.2, 0) is 28.5 Å². The van der Waals surface area contributed by atoms with Gasteiger partial charge in [0.25, 0.3) is 0 Å². The summed E-state index contributed by atoms with van der Waals surface area (Å²) < 4.78 is 21.4. The first kappa shape index (κ1) is 40.2. The molecule has 6 unspecified atom stereocenters. The molecule has 4 N–H and O–H groups in total. The molecule has 0 spiro atoms. The molecule has 0 aromatic carbocycles. The third kappa shape index (κ3) is 18.9. The van der Waals surface area contributed by atoms with Crippen LogP contribution in [0.5, 0.6) is 0 Å². The van der Waals surface area contributed by atoms with Gasteiger partial charge in [0.15, 0.2) is 12.4 Å². The first-order chi connectivity index (χ1) is 21.3. The maximum atomic E-state index is 12.4.